The lowest BCUT2D eigenvalue weighted by molar-refractivity contribution is -0.307. The standard InChI is InChI=1S/C21H20O5/c1-21(2,3)14-10-8-13(9-11-14)19-20(25-12-17(22)23)18(24)15-6-4-5-7-16(15)26-19/h4-11H,12H2,1-3H3,(H,22,23)/p-1. The van der Waals surface area contributed by atoms with Crippen molar-refractivity contribution in [2.24, 2.45) is 0 Å². The summed E-state index contributed by atoms with van der Waals surface area (Å²) in [4.78, 5) is 23.5. The second-order valence-corrected chi connectivity index (χ2v) is 7.07. The SMILES string of the molecule is CC(C)(C)c1ccc(-c2oc3ccccc3c(=O)c2OCC(=O)[O-])cc1. The largest absolute Gasteiger partial charge is 0.546 e. The minimum absolute atomic E-state index is 0.0168. The molecule has 0 aliphatic rings. The van der Waals surface area contributed by atoms with Gasteiger partial charge in [-0.25, -0.2) is 0 Å². The molecule has 0 amide bonds. The van der Waals surface area contributed by atoms with Crippen molar-refractivity contribution in [1.29, 1.82) is 0 Å². The topological polar surface area (TPSA) is 79.6 Å². The number of carbonyl (C=O) groups is 1. The van der Waals surface area contributed by atoms with Gasteiger partial charge >= 0.3 is 0 Å². The Morgan fingerprint density at radius 1 is 1.08 bits per heavy atom. The van der Waals surface area contributed by atoms with Crippen LogP contribution in [0.25, 0.3) is 22.3 Å². The lowest BCUT2D eigenvalue weighted by atomic mass is 9.86. The van der Waals surface area contributed by atoms with Crippen LogP contribution in [0.5, 0.6) is 5.75 Å². The van der Waals surface area contributed by atoms with Crippen molar-refractivity contribution in [2.75, 3.05) is 6.61 Å². The van der Waals surface area contributed by atoms with E-state index in [4.69, 9.17) is 9.15 Å². The van der Waals surface area contributed by atoms with Crippen LogP contribution in [0.3, 0.4) is 0 Å². The fraction of sp³-hybridized carbons (Fsp3) is 0.238. The van der Waals surface area contributed by atoms with Crippen LogP contribution in [0, 0.1) is 0 Å². The molecule has 134 valence electrons. The Bertz CT molecular complexity index is 1010. The lowest BCUT2D eigenvalue weighted by Crippen LogP contribution is -2.30. The maximum Gasteiger partial charge on any atom is 0.235 e. The molecular formula is C21H19O5-. The van der Waals surface area contributed by atoms with Gasteiger partial charge in [-0.2, -0.15) is 0 Å². The molecule has 0 saturated heterocycles. The van der Waals surface area contributed by atoms with E-state index in [1.165, 1.54) is 0 Å². The number of hydrogen-bond donors (Lipinski definition) is 0. The van der Waals surface area contributed by atoms with E-state index in [2.05, 4.69) is 20.8 Å². The zero-order valence-electron chi connectivity index (χ0n) is 14.9. The van der Waals surface area contributed by atoms with Gasteiger partial charge < -0.3 is 19.1 Å². The van der Waals surface area contributed by atoms with Crippen LogP contribution in [0.1, 0.15) is 26.3 Å². The summed E-state index contributed by atoms with van der Waals surface area (Å²) in [5.74, 6) is -1.33. The number of ether oxygens (including phenoxy) is 1. The Morgan fingerprint density at radius 2 is 1.73 bits per heavy atom. The van der Waals surface area contributed by atoms with Crippen LogP contribution < -0.4 is 15.3 Å². The highest BCUT2D eigenvalue weighted by Crippen LogP contribution is 2.32. The fourth-order valence-corrected chi connectivity index (χ4v) is 2.70. The molecule has 0 unspecified atom stereocenters. The molecule has 0 spiro atoms. The molecule has 0 fully saturated rings. The van der Waals surface area contributed by atoms with Crippen molar-refractivity contribution < 1.29 is 19.1 Å². The Labute approximate surface area is 150 Å². The Kier molecular flexibility index (Phi) is 4.55. The molecule has 0 saturated carbocycles. The summed E-state index contributed by atoms with van der Waals surface area (Å²) in [6.45, 7) is 5.59. The number of para-hydroxylation sites is 1. The number of fused-ring (bicyclic) bond motifs is 1. The summed E-state index contributed by atoms with van der Waals surface area (Å²) in [6.07, 6.45) is 0. The summed E-state index contributed by atoms with van der Waals surface area (Å²) < 4.78 is 11.1. The molecule has 3 rings (SSSR count). The van der Waals surface area contributed by atoms with Crippen molar-refractivity contribution in [3.63, 3.8) is 0 Å². The minimum atomic E-state index is -1.41. The molecule has 2 aromatic carbocycles. The quantitative estimate of drug-likeness (QED) is 0.722. The Morgan fingerprint density at radius 3 is 2.35 bits per heavy atom. The number of rotatable bonds is 4. The number of carboxylic acids is 1. The van der Waals surface area contributed by atoms with E-state index in [0.29, 0.717) is 16.5 Å². The van der Waals surface area contributed by atoms with Crippen LogP contribution in [0.15, 0.2) is 57.7 Å². The highest BCUT2D eigenvalue weighted by Gasteiger charge is 2.19. The third-order valence-electron chi connectivity index (χ3n) is 4.10. The molecular weight excluding hydrogens is 332 g/mol. The normalized spacial score (nSPS) is 11.5. The zero-order valence-corrected chi connectivity index (χ0v) is 14.9. The second kappa shape index (κ2) is 6.67. The summed E-state index contributed by atoms with van der Waals surface area (Å²) in [6, 6.07) is 14.3. The van der Waals surface area contributed by atoms with Crippen molar-refractivity contribution >= 4 is 16.9 Å². The minimum Gasteiger partial charge on any atom is -0.546 e. The van der Waals surface area contributed by atoms with E-state index in [1.54, 1.807) is 24.3 Å². The van der Waals surface area contributed by atoms with Crippen LogP contribution in [0.2, 0.25) is 0 Å². The Balaban J connectivity index is 2.18. The van der Waals surface area contributed by atoms with Gasteiger partial charge in [-0.15, -0.1) is 0 Å². The zero-order chi connectivity index (χ0) is 18.9. The first-order chi connectivity index (χ1) is 12.3. The number of hydrogen-bond acceptors (Lipinski definition) is 5. The molecule has 3 aromatic rings. The van der Waals surface area contributed by atoms with Crippen LogP contribution >= 0.6 is 0 Å². The molecule has 5 heteroatoms. The molecule has 5 nitrogen and oxygen atoms in total. The molecule has 0 atom stereocenters. The Hall–Kier alpha value is -3.08. The van der Waals surface area contributed by atoms with E-state index in [9.17, 15) is 14.7 Å². The second-order valence-electron chi connectivity index (χ2n) is 7.07. The monoisotopic (exact) mass is 351 g/mol. The summed E-state index contributed by atoms with van der Waals surface area (Å²) in [7, 11) is 0. The number of aliphatic carboxylic acids is 1. The highest BCUT2D eigenvalue weighted by atomic mass is 16.5. The fourth-order valence-electron chi connectivity index (χ4n) is 2.70. The van der Waals surface area contributed by atoms with Gasteiger partial charge in [-0.1, -0.05) is 57.2 Å². The molecule has 0 aliphatic heterocycles. The van der Waals surface area contributed by atoms with Crippen LogP contribution in [0.4, 0.5) is 0 Å². The van der Waals surface area contributed by atoms with Gasteiger partial charge in [0.05, 0.1) is 11.4 Å². The van der Waals surface area contributed by atoms with E-state index >= 15 is 0 Å². The molecule has 26 heavy (non-hydrogen) atoms. The summed E-state index contributed by atoms with van der Waals surface area (Å²) in [5, 5.41) is 11.1. The van der Waals surface area contributed by atoms with Gasteiger partial charge in [0.1, 0.15) is 12.2 Å². The van der Waals surface area contributed by atoms with Gasteiger partial charge in [0, 0.05) is 5.56 Å². The number of carboxylic acid groups (broad SMARTS) is 1. The first kappa shape index (κ1) is 17.7. The maximum atomic E-state index is 12.8. The van der Waals surface area contributed by atoms with Crippen molar-refractivity contribution in [3.05, 3.63) is 64.3 Å². The number of benzene rings is 2. The highest BCUT2D eigenvalue weighted by molar-refractivity contribution is 5.82. The molecule has 0 aliphatic carbocycles. The van der Waals surface area contributed by atoms with Gasteiger partial charge in [0.25, 0.3) is 0 Å². The third kappa shape index (κ3) is 3.47. The lowest BCUT2D eigenvalue weighted by Gasteiger charge is -2.19. The number of carbonyl (C=O) groups excluding carboxylic acids is 1. The van der Waals surface area contributed by atoms with Gasteiger partial charge in [-0.3, -0.25) is 4.79 Å². The average molecular weight is 351 g/mol. The van der Waals surface area contributed by atoms with Crippen molar-refractivity contribution in [2.45, 2.75) is 26.2 Å². The first-order valence-electron chi connectivity index (χ1n) is 8.27. The van der Waals surface area contributed by atoms with E-state index < -0.39 is 18.0 Å². The molecule has 1 aromatic heterocycles. The van der Waals surface area contributed by atoms with E-state index in [0.717, 1.165) is 5.56 Å². The average Bonchev–Trinajstić information content (AvgIpc) is 2.60. The maximum absolute atomic E-state index is 12.8. The van der Waals surface area contributed by atoms with Crippen molar-refractivity contribution in [3.8, 4) is 17.1 Å². The smallest absolute Gasteiger partial charge is 0.235 e. The predicted molar refractivity (Wildman–Crippen MR) is 97.1 cm³/mol. The third-order valence-corrected chi connectivity index (χ3v) is 4.10. The molecule has 0 N–H and O–H groups in total. The molecule has 0 bridgehead atoms. The summed E-state index contributed by atoms with van der Waals surface area (Å²) in [5.41, 5.74) is 1.74. The summed E-state index contributed by atoms with van der Waals surface area (Å²) >= 11 is 0. The first-order valence-corrected chi connectivity index (χ1v) is 8.27. The van der Waals surface area contributed by atoms with Crippen LogP contribution in [-0.2, 0) is 10.2 Å². The van der Waals surface area contributed by atoms with Gasteiger partial charge in [0.15, 0.2) is 5.76 Å². The van der Waals surface area contributed by atoms with Crippen molar-refractivity contribution in [1.82, 2.24) is 0 Å². The molecule has 1 heterocycles. The van der Waals surface area contributed by atoms with E-state index in [1.807, 2.05) is 24.3 Å². The van der Waals surface area contributed by atoms with Gasteiger partial charge in [-0.05, 0) is 23.1 Å². The van der Waals surface area contributed by atoms with E-state index in [-0.39, 0.29) is 16.9 Å². The van der Waals surface area contributed by atoms with Crippen LogP contribution in [-0.4, -0.2) is 12.6 Å². The predicted octanol–water partition coefficient (Wildman–Crippen LogP) is 2.89. The van der Waals surface area contributed by atoms with Gasteiger partial charge in [0.2, 0.25) is 11.2 Å². The molecule has 0 radical (unpaired) electrons.